The molecule has 7 heteroatoms. The summed E-state index contributed by atoms with van der Waals surface area (Å²) in [5.74, 6) is 0.759. The summed E-state index contributed by atoms with van der Waals surface area (Å²) in [6.07, 6.45) is 6.97. The van der Waals surface area contributed by atoms with E-state index in [1.807, 2.05) is 24.4 Å². The molecule has 0 bridgehead atoms. The number of aromatic nitrogens is 4. The smallest absolute Gasteiger partial charge is 0.176 e. The highest BCUT2D eigenvalue weighted by molar-refractivity contribution is 7.15. The zero-order chi connectivity index (χ0) is 13.1. The summed E-state index contributed by atoms with van der Waals surface area (Å²) >= 11 is 7.32. The molecule has 3 rings (SSSR count). The fraction of sp³-hybridized carbons (Fsp3) is 0.0833. The van der Waals surface area contributed by atoms with E-state index >= 15 is 0 Å². The van der Waals surface area contributed by atoms with Gasteiger partial charge in [0.05, 0.1) is 18.4 Å². The molecule has 0 aromatic carbocycles. The average molecular weight is 292 g/mol. The molecule has 0 aliphatic rings. The summed E-state index contributed by atoms with van der Waals surface area (Å²) < 4.78 is 2.41. The SMILES string of the molecule is Clc1cnc(CNc2cccnc2-n2cccn2)s1. The lowest BCUT2D eigenvalue weighted by molar-refractivity contribution is 0.846. The molecule has 96 valence electrons. The van der Waals surface area contributed by atoms with Crippen LogP contribution in [0.4, 0.5) is 5.69 Å². The Morgan fingerprint density at radius 1 is 1.26 bits per heavy atom. The number of anilines is 1. The van der Waals surface area contributed by atoms with Gasteiger partial charge in [0.25, 0.3) is 0 Å². The Morgan fingerprint density at radius 2 is 2.21 bits per heavy atom. The van der Waals surface area contributed by atoms with Crippen LogP contribution in [0.5, 0.6) is 0 Å². The molecular formula is C12H10ClN5S. The second-order valence-corrected chi connectivity index (χ2v) is 5.48. The average Bonchev–Trinajstić information content (AvgIpc) is 3.08. The van der Waals surface area contributed by atoms with Crippen LogP contribution < -0.4 is 5.32 Å². The van der Waals surface area contributed by atoms with Crippen LogP contribution in [0.15, 0.2) is 43.0 Å². The maximum Gasteiger partial charge on any atom is 0.176 e. The van der Waals surface area contributed by atoms with Crippen molar-refractivity contribution in [3.63, 3.8) is 0 Å². The molecule has 0 saturated carbocycles. The standard InChI is InChI=1S/C12H10ClN5S/c13-10-7-16-11(19-10)8-15-9-3-1-4-14-12(9)18-6-2-5-17-18/h1-7,15H,8H2. The quantitative estimate of drug-likeness (QED) is 0.803. The predicted octanol–water partition coefficient (Wildman–Crippen LogP) is 2.99. The Labute approximate surface area is 118 Å². The fourth-order valence-electron chi connectivity index (χ4n) is 1.65. The lowest BCUT2D eigenvalue weighted by atomic mass is 10.4. The molecule has 0 radical (unpaired) electrons. The van der Waals surface area contributed by atoms with E-state index in [9.17, 15) is 0 Å². The van der Waals surface area contributed by atoms with Gasteiger partial charge < -0.3 is 5.32 Å². The molecular weight excluding hydrogens is 282 g/mol. The Morgan fingerprint density at radius 3 is 2.95 bits per heavy atom. The van der Waals surface area contributed by atoms with E-state index < -0.39 is 0 Å². The first-order chi connectivity index (χ1) is 9.33. The molecule has 0 amide bonds. The maximum absolute atomic E-state index is 5.86. The molecule has 0 unspecified atom stereocenters. The van der Waals surface area contributed by atoms with Crippen LogP contribution in [-0.4, -0.2) is 19.7 Å². The van der Waals surface area contributed by atoms with Crippen LogP contribution in [0, 0.1) is 0 Å². The van der Waals surface area contributed by atoms with E-state index in [1.165, 1.54) is 11.3 Å². The fourth-order valence-corrected chi connectivity index (χ4v) is 2.55. The summed E-state index contributed by atoms with van der Waals surface area (Å²) in [5.41, 5.74) is 0.900. The summed E-state index contributed by atoms with van der Waals surface area (Å²) in [6, 6.07) is 5.70. The molecule has 5 nitrogen and oxygen atoms in total. The molecule has 0 fully saturated rings. The molecule has 3 heterocycles. The number of halogens is 1. The van der Waals surface area contributed by atoms with Gasteiger partial charge >= 0.3 is 0 Å². The van der Waals surface area contributed by atoms with Gasteiger partial charge in [0, 0.05) is 18.6 Å². The molecule has 19 heavy (non-hydrogen) atoms. The first kappa shape index (κ1) is 12.1. The Bertz CT molecular complexity index is 664. The third kappa shape index (κ3) is 2.74. The Kier molecular flexibility index (Phi) is 3.43. The van der Waals surface area contributed by atoms with Gasteiger partial charge in [-0.25, -0.2) is 14.6 Å². The van der Waals surface area contributed by atoms with Crippen LogP contribution in [0.2, 0.25) is 4.34 Å². The zero-order valence-corrected chi connectivity index (χ0v) is 11.4. The van der Waals surface area contributed by atoms with E-state index in [2.05, 4.69) is 20.4 Å². The van der Waals surface area contributed by atoms with E-state index in [-0.39, 0.29) is 0 Å². The second kappa shape index (κ2) is 5.38. The first-order valence-corrected chi connectivity index (χ1v) is 6.81. The summed E-state index contributed by atoms with van der Waals surface area (Å²) in [5, 5.41) is 8.41. The second-order valence-electron chi connectivity index (χ2n) is 3.74. The molecule has 3 aromatic heterocycles. The molecule has 3 aromatic rings. The minimum atomic E-state index is 0.608. The van der Waals surface area contributed by atoms with Gasteiger partial charge in [-0.2, -0.15) is 5.10 Å². The van der Waals surface area contributed by atoms with Gasteiger partial charge in [-0.15, -0.1) is 11.3 Å². The number of pyridine rings is 1. The zero-order valence-electron chi connectivity index (χ0n) is 9.82. The van der Waals surface area contributed by atoms with Crippen molar-refractivity contribution in [2.75, 3.05) is 5.32 Å². The predicted molar refractivity (Wildman–Crippen MR) is 75.8 cm³/mol. The number of rotatable bonds is 4. The Hall–Kier alpha value is -1.92. The van der Waals surface area contributed by atoms with Crippen molar-refractivity contribution < 1.29 is 0 Å². The van der Waals surface area contributed by atoms with Crippen molar-refractivity contribution >= 4 is 28.6 Å². The van der Waals surface area contributed by atoms with Gasteiger partial charge in [0.1, 0.15) is 9.34 Å². The van der Waals surface area contributed by atoms with Gasteiger partial charge in [-0.05, 0) is 18.2 Å². The summed E-state index contributed by atoms with van der Waals surface area (Å²) in [6.45, 7) is 0.608. The van der Waals surface area contributed by atoms with Gasteiger partial charge in [0.15, 0.2) is 5.82 Å². The van der Waals surface area contributed by atoms with Gasteiger partial charge in [-0.3, -0.25) is 0 Å². The third-order valence-corrected chi connectivity index (χ3v) is 3.58. The van der Waals surface area contributed by atoms with E-state index in [0.29, 0.717) is 10.9 Å². The molecule has 0 aliphatic heterocycles. The number of thiazole rings is 1. The van der Waals surface area contributed by atoms with Crippen molar-refractivity contribution in [3.05, 3.63) is 52.3 Å². The van der Waals surface area contributed by atoms with Crippen LogP contribution in [-0.2, 0) is 6.54 Å². The van der Waals surface area contributed by atoms with Crippen LogP contribution in [0.1, 0.15) is 5.01 Å². The van der Waals surface area contributed by atoms with Crippen LogP contribution in [0.3, 0.4) is 0 Å². The molecule has 0 aliphatic carbocycles. The number of hydrogen-bond acceptors (Lipinski definition) is 5. The third-order valence-electron chi connectivity index (χ3n) is 2.46. The maximum atomic E-state index is 5.86. The Balaban J connectivity index is 1.81. The lowest BCUT2D eigenvalue weighted by Gasteiger charge is -2.09. The van der Waals surface area contributed by atoms with E-state index in [4.69, 9.17) is 11.6 Å². The number of nitrogens with zero attached hydrogens (tertiary/aromatic N) is 4. The summed E-state index contributed by atoms with van der Waals surface area (Å²) in [4.78, 5) is 8.54. The van der Waals surface area contributed by atoms with Crippen molar-refractivity contribution in [1.82, 2.24) is 19.7 Å². The minimum Gasteiger partial charge on any atom is -0.375 e. The first-order valence-electron chi connectivity index (χ1n) is 5.62. The molecule has 1 N–H and O–H groups in total. The van der Waals surface area contributed by atoms with Crippen LogP contribution in [0.25, 0.3) is 5.82 Å². The molecule has 0 spiro atoms. The highest BCUT2D eigenvalue weighted by Gasteiger charge is 2.06. The summed E-state index contributed by atoms with van der Waals surface area (Å²) in [7, 11) is 0. The van der Waals surface area contributed by atoms with Gasteiger partial charge in [-0.1, -0.05) is 11.6 Å². The normalized spacial score (nSPS) is 10.6. The topological polar surface area (TPSA) is 55.6 Å². The van der Waals surface area contributed by atoms with Crippen LogP contribution >= 0.6 is 22.9 Å². The van der Waals surface area contributed by atoms with E-state index in [1.54, 1.807) is 23.3 Å². The van der Waals surface area contributed by atoms with Crippen molar-refractivity contribution in [2.45, 2.75) is 6.54 Å². The number of hydrogen-bond donors (Lipinski definition) is 1. The van der Waals surface area contributed by atoms with Crippen molar-refractivity contribution in [3.8, 4) is 5.82 Å². The van der Waals surface area contributed by atoms with Crippen molar-refractivity contribution in [2.24, 2.45) is 0 Å². The number of nitrogens with one attached hydrogen (secondary N) is 1. The highest BCUT2D eigenvalue weighted by atomic mass is 35.5. The molecule has 0 atom stereocenters. The van der Waals surface area contributed by atoms with Crippen molar-refractivity contribution in [1.29, 1.82) is 0 Å². The largest absolute Gasteiger partial charge is 0.375 e. The van der Waals surface area contributed by atoms with E-state index in [0.717, 1.165) is 16.5 Å². The van der Waals surface area contributed by atoms with Gasteiger partial charge in [0.2, 0.25) is 0 Å². The molecule has 0 saturated heterocycles. The monoisotopic (exact) mass is 291 g/mol. The lowest BCUT2D eigenvalue weighted by Crippen LogP contribution is -2.06. The highest BCUT2D eigenvalue weighted by Crippen LogP contribution is 2.21. The minimum absolute atomic E-state index is 0.608.